The Labute approximate surface area is 176 Å². The number of benzene rings is 1. The van der Waals surface area contributed by atoms with E-state index >= 15 is 0 Å². The first-order valence-electron chi connectivity index (χ1n) is 10.5. The van der Waals surface area contributed by atoms with Crippen LogP contribution < -0.4 is 15.4 Å². The van der Waals surface area contributed by atoms with Gasteiger partial charge in [0.15, 0.2) is 11.5 Å². The third kappa shape index (κ3) is 3.59. The lowest BCUT2D eigenvalue weighted by molar-refractivity contribution is 0.0934. The number of fused-ring (bicyclic) bond motifs is 3. The molecular weight excluding hydrogens is 384 g/mol. The number of hydrogen-bond donors (Lipinski definition) is 3. The van der Waals surface area contributed by atoms with Crippen LogP contribution in [0.2, 0.25) is 0 Å². The molecule has 29 heavy (non-hydrogen) atoms. The van der Waals surface area contributed by atoms with Crippen molar-refractivity contribution in [3.63, 3.8) is 0 Å². The predicted octanol–water partition coefficient (Wildman–Crippen LogP) is 5.25. The van der Waals surface area contributed by atoms with E-state index in [1.807, 2.05) is 13.0 Å². The zero-order valence-electron chi connectivity index (χ0n) is 17.6. The highest BCUT2D eigenvalue weighted by molar-refractivity contribution is 7.16. The Hall–Kier alpha value is -2.21. The number of carbonyl (C=O) groups excluding carboxylic acids is 1. The lowest BCUT2D eigenvalue weighted by Gasteiger charge is -2.36. The van der Waals surface area contributed by atoms with E-state index in [0.717, 1.165) is 35.4 Å². The highest BCUT2D eigenvalue weighted by Gasteiger charge is 2.37. The second-order valence-electron chi connectivity index (χ2n) is 8.70. The lowest BCUT2D eigenvalue weighted by atomic mass is 9.69. The number of nitrogens with one attached hydrogen (secondary N) is 2. The maximum Gasteiger partial charge on any atom is 0.256 e. The van der Waals surface area contributed by atoms with Gasteiger partial charge in [-0.25, -0.2) is 0 Å². The molecule has 4 rings (SSSR count). The molecule has 2 heterocycles. The molecular formula is C23H30N2O3S. The minimum Gasteiger partial charge on any atom is -0.504 e. The van der Waals surface area contributed by atoms with Gasteiger partial charge in [0.1, 0.15) is 11.2 Å². The fourth-order valence-electron chi connectivity index (χ4n) is 4.40. The zero-order chi connectivity index (χ0) is 20.8. The number of ether oxygens (including phenoxy) is 1. The van der Waals surface area contributed by atoms with Crippen LogP contribution in [0, 0.1) is 11.3 Å². The molecule has 1 aliphatic heterocycles. The van der Waals surface area contributed by atoms with Crippen molar-refractivity contribution >= 4 is 22.2 Å². The zero-order valence-corrected chi connectivity index (χ0v) is 18.4. The van der Waals surface area contributed by atoms with E-state index in [-0.39, 0.29) is 17.8 Å². The van der Waals surface area contributed by atoms with E-state index in [2.05, 4.69) is 31.4 Å². The molecule has 0 saturated carbocycles. The number of carbonyl (C=O) groups is 1. The molecule has 0 unspecified atom stereocenters. The molecule has 0 saturated heterocycles. The molecule has 3 N–H and O–H groups in total. The van der Waals surface area contributed by atoms with Gasteiger partial charge in [-0.05, 0) is 60.8 Å². The van der Waals surface area contributed by atoms with Crippen molar-refractivity contribution in [1.29, 1.82) is 0 Å². The fraction of sp³-hybridized carbons (Fsp3) is 0.522. The standard InChI is InChI=1S/C23H30N2O3S/c1-5-23(3,4)14-8-9-15-18(12-14)29-22-19(15)21(27)24-20(25-22)13-7-10-16(26)17(11-13)28-6-2/h7,10-11,14,20,25-26H,5-6,8-9,12H2,1-4H3,(H,24,27)/t14-,20-/m0/s1. The van der Waals surface area contributed by atoms with Crippen LogP contribution >= 0.6 is 11.3 Å². The van der Waals surface area contributed by atoms with Crippen LogP contribution in [0.4, 0.5) is 5.00 Å². The summed E-state index contributed by atoms with van der Waals surface area (Å²) in [6.45, 7) is 9.33. The molecule has 1 amide bonds. The SMILES string of the molecule is CCOc1cc([C@H]2NC(=O)c3c(sc4c3CC[C@H](C(C)(C)CC)C4)N2)ccc1O. The van der Waals surface area contributed by atoms with Crippen LogP contribution in [0.5, 0.6) is 11.5 Å². The number of thiophene rings is 1. The van der Waals surface area contributed by atoms with Crippen LogP contribution in [0.15, 0.2) is 18.2 Å². The third-order valence-corrected chi connectivity index (χ3v) is 7.86. The Balaban J connectivity index is 1.61. The lowest BCUT2D eigenvalue weighted by Crippen LogP contribution is -2.38. The average molecular weight is 415 g/mol. The van der Waals surface area contributed by atoms with E-state index in [1.54, 1.807) is 23.5 Å². The van der Waals surface area contributed by atoms with Gasteiger partial charge in [-0.15, -0.1) is 11.3 Å². The number of aromatic hydroxyl groups is 1. The van der Waals surface area contributed by atoms with Gasteiger partial charge < -0.3 is 20.5 Å². The fourth-order valence-corrected chi connectivity index (χ4v) is 5.75. The summed E-state index contributed by atoms with van der Waals surface area (Å²) in [5.41, 5.74) is 3.25. The number of phenols is 1. The maximum absolute atomic E-state index is 13.0. The molecule has 2 aliphatic rings. The minimum absolute atomic E-state index is 0.0134. The molecule has 5 nitrogen and oxygen atoms in total. The summed E-state index contributed by atoms with van der Waals surface area (Å²) in [5, 5.41) is 17.5. The van der Waals surface area contributed by atoms with E-state index in [4.69, 9.17) is 4.74 Å². The summed E-state index contributed by atoms with van der Waals surface area (Å²) < 4.78 is 5.50. The topological polar surface area (TPSA) is 70.6 Å². The summed E-state index contributed by atoms with van der Waals surface area (Å²) in [4.78, 5) is 14.3. The van der Waals surface area contributed by atoms with Crippen LogP contribution in [-0.4, -0.2) is 17.6 Å². The second-order valence-corrected chi connectivity index (χ2v) is 9.81. The van der Waals surface area contributed by atoms with E-state index < -0.39 is 0 Å². The third-order valence-electron chi connectivity index (χ3n) is 6.68. The Kier molecular flexibility index (Phi) is 5.23. The quantitative estimate of drug-likeness (QED) is 0.625. The molecule has 1 aromatic heterocycles. The van der Waals surface area contributed by atoms with E-state index in [0.29, 0.717) is 23.7 Å². The van der Waals surface area contributed by atoms with E-state index in [1.165, 1.54) is 16.9 Å². The predicted molar refractivity (Wildman–Crippen MR) is 117 cm³/mol. The van der Waals surface area contributed by atoms with Crippen molar-refractivity contribution < 1.29 is 14.6 Å². The summed E-state index contributed by atoms with van der Waals surface area (Å²) in [5.74, 6) is 1.18. The molecule has 2 atom stereocenters. The molecule has 2 aromatic rings. The minimum atomic E-state index is -0.335. The number of rotatable bonds is 5. The molecule has 0 radical (unpaired) electrons. The highest BCUT2D eigenvalue weighted by atomic mass is 32.1. The van der Waals surface area contributed by atoms with Gasteiger partial charge in [0.25, 0.3) is 5.91 Å². The first-order chi connectivity index (χ1) is 13.8. The first-order valence-corrected chi connectivity index (χ1v) is 11.3. The van der Waals surface area contributed by atoms with Gasteiger partial charge >= 0.3 is 0 Å². The Morgan fingerprint density at radius 2 is 2.07 bits per heavy atom. The van der Waals surface area contributed by atoms with Gasteiger partial charge in [0, 0.05) is 4.88 Å². The largest absolute Gasteiger partial charge is 0.504 e. The molecule has 6 heteroatoms. The molecule has 1 aromatic carbocycles. The van der Waals surface area contributed by atoms with Gasteiger partial charge in [-0.3, -0.25) is 4.79 Å². The summed E-state index contributed by atoms with van der Waals surface area (Å²) >= 11 is 1.74. The average Bonchev–Trinajstić information content (AvgIpc) is 3.07. The summed E-state index contributed by atoms with van der Waals surface area (Å²) in [6.07, 6.45) is 4.01. The van der Waals surface area contributed by atoms with Crippen molar-refractivity contribution in [2.24, 2.45) is 11.3 Å². The van der Waals surface area contributed by atoms with Gasteiger partial charge in [0.2, 0.25) is 0 Å². The van der Waals surface area contributed by atoms with Crippen molar-refractivity contribution in [1.82, 2.24) is 5.32 Å². The number of phenolic OH excluding ortho intramolecular Hbond substituents is 1. The van der Waals surface area contributed by atoms with Gasteiger partial charge in [-0.1, -0.05) is 33.3 Å². The summed E-state index contributed by atoms with van der Waals surface area (Å²) in [6, 6.07) is 5.21. The number of anilines is 1. The Morgan fingerprint density at radius 3 is 2.79 bits per heavy atom. The smallest absolute Gasteiger partial charge is 0.256 e. The number of amides is 1. The van der Waals surface area contributed by atoms with Gasteiger partial charge in [0.05, 0.1) is 12.2 Å². The Morgan fingerprint density at radius 1 is 1.28 bits per heavy atom. The van der Waals surface area contributed by atoms with Crippen molar-refractivity contribution in [3.8, 4) is 11.5 Å². The molecule has 1 aliphatic carbocycles. The van der Waals surface area contributed by atoms with E-state index in [9.17, 15) is 9.90 Å². The Bertz CT molecular complexity index is 934. The first kappa shape index (κ1) is 20.1. The highest BCUT2D eigenvalue weighted by Crippen LogP contribution is 2.47. The molecule has 0 fully saturated rings. The van der Waals surface area contributed by atoms with Crippen molar-refractivity contribution in [3.05, 3.63) is 39.8 Å². The monoisotopic (exact) mass is 414 g/mol. The summed E-state index contributed by atoms with van der Waals surface area (Å²) in [7, 11) is 0. The van der Waals surface area contributed by atoms with Crippen LogP contribution in [-0.2, 0) is 12.8 Å². The normalized spacial score (nSPS) is 21.0. The van der Waals surface area contributed by atoms with Crippen molar-refractivity contribution in [2.75, 3.05) is 11.9 Å². The van der Waals surface area contributed by atoms with Crippen molar-refractivity contribution in [2.45, 2.75) is 59.5 Å². The van der Waals surface area contributed by atoms with Crippen LogP contribution in [0.1, 0.15) is 73.1 Å². The van der Waals surface area contributed by atoms with Crippen LogP contribution in [0.3, 0.4) is 0 Å². The number of hydrogen-bond acceptors (Lipinski definition) is 5. The van der Waals surface area contributed by atoms with Gasteiger partial charge in [-0.2, -0.15) is 0 Å². The van der Waals surface area contributed by atoms with Crippen LogP contribution in [0.25, 0.3) is 0 Å². The maximum atomic E-state index is 13.0. The molecule has 0 spiro atoms. The molecule has 156 valence electrons. The second kappa shape index (κ2) is 7.56. The molecule has 0 bridgehead atoms.